The van der Waals surface area contributed by atoms with Crippen molar-refractivity contribution in [2.75, 3.05) is 23.4 Å². The molecule has 0 radical (unpaired) electrons. The molecule has 3 rings (SSSR count). The van der Waals surface area contributed by atoms with Crippen LogP contribution in [0.5, 0.6) is 11.5 Å². The molecular formula is C20H20N2O6. The highest BCUT2D eigenvalue weighted by Gasteiger charge is 2.31. The number of nitrogens with zero attached hydrogens (tertiary/aromatic N) is 1. The average Bonchev–Trinajstić information content (AvgIpc) is 2.68. The van der Waals surface area contributed by atoms with E-state index in [1.807, 2.05) is 12.1 Å². The molecule has 0 saturated heterocycles. The van der Waals surface area contributed by atoms with Crippen molar-refractivity contribution in [3.8, 4) is 11.5 Å². The molecule has 0 fully saturated rings. The Labute approximate surface area is 161 Å². The fourth-order valence-corrected chi connectivity index (χ4v) is 2.81. The Bertz CT molecular complexity index is 881. The quantitative estimate of drug-likeness (QED) is 0.759. The molecule has 0 spiro atoms. The van der Waals surface area contributed by atoms with Gasteiger partial charge < -0.3 is 24.8 Å². The summed E-state index contributed by atoms with van der Waals surface area (Å²) in [5.41, 5.74) is 1.20. The zero-order valence-corrected chi connectivity index (χ0v) is 15.3. The van der Waals surface area contributed by atoms with E-state index >= 15 is 0 Å². The lowest BCUT2D eigenvalue weighted by Gasteiger charge is -2.32. The standard InChI is InChI=1S/C20H20N2O6/c1-13-20(26)22(16-4-2-3-5-17(16)28-13)11-10-18(23)21-14-6-8-15(9-7-14)27-12-19(24)25/h2-9,13H,10-12H2,1H3,(H,21,23)(H,24,25). The van der Waals surface area contributed by atoms with Gasteiger partial charge in [-0.15, -0.1) is 0 Å². The van der Waals surface area contributed by atoms with Gasteiger partial charge in [-0.1, -0.05) is 12.1 Å². The van der Waals surface area contributed by atoms with Crippen LogP contribution in [0.25, 0.3) is 0 Å². The second-order valence-corrected chi connectivity index (χ2v) is 6.22. The van der Waals surface area contributed by atoms with Crippen LogP contribution in [0.2, 0.25) is 0 Å². The van der Waals surface area contributed by atoms with Crippen molar-refractivity contribution in [1.29, 1.82) is 0 Å². The van der Waals surface area contributed by atoms with Crippen LogP contribution in [0.3, 0.4) is 0 Å². The number of carbonyl (C=O) groups is 3. The van der Waals surface area contributed by atoms with E-state index in [9.17, 15) is 14.4 Å². The number of carboxylic acid groups (broad SMARTS) is 1. The molecule has 1 aliphatic rings. The zero-order valence-electron chi connectivity index (χ0n) is 15.3. The first-order valence-corrected chi connectivity index (χ1v) is 8.75. The van der Waals surface area contributed by atoms with Crippen molar-refractivity contribution < 1.29 is 29.0 Å². The van der Waals surface area contributed by atoms with Gasteiger partial charge in [-0.05, 0) is 43.3 Å². The monoisotopic (exact) mass is 384 g/mol. The molecule has 2 amide bonds. The predicted molar refractivity (Wildman–Crippen MR) is 102 cm³/mol. The van der Waals surface area contributed by atoms with Gasteiger partial charge in [-0.25, -0.2) is 4.79 Å². The van der Waals surface area contributed by atoms with Gasteiger partial charge in [-0.3, -0.25) is 9.59 Å². The Hall–Kier alpha value is -3.55. The van der Waals surface area contributed by atoms with Gasteiger partial charge in [0.15, 0.2) is 12.7 Å². The molecule has 0 aromatic heterocycles. The Morgan fingerprint density at radius 1 is 1.18 bits per heavy atom. The number of anilines is 2. The van der Waals surface area contributed by atoms with Crippen LogP contribution < -0.4 is 19.7 Å². The fourth-order valence-electron chi connectivity index (χ4n) is 2.81. The minimum Gasteiger partial charge on any atom is -0.482 e. The maximum Gasteiger partial charge on any atom is 0.341 e. The van der Waals surface area contributed by atoms with E-state index in [1.54, 1.807) is 48.2 Å². The SMILES string of the molecule is CC1Oc2ccccc2N(CCC(=O)Nc2ccc(OCC(=O)O)cc2)C1=O. The minimum absolute atomic E-state index is 0.115. The second kappa shape index (κ2) is 8.43. The highest BCUT2D eigenvalue weighted by molar-refractivity contribution is 6.00. The molecule has 8 heteroatoms. The third-order valence-electron chi connectivity index (χ3n) is 4.14. The average molecular weight is 384 g/mol. The number of hydrogen-bond acceptors (Lipinski definition) is 5. The number of ether oxygens (including phenoxy) is 2. The molecule has 1 atom stereocenters. The molecule has 2 aromatic carbocycles. The topological polar surface area (TPSA) is 105 Å². The second-order valence-electron chi connectivity index (χ2n) is 6.22. The molecule has 28 heavy (non-hydrogen) atoms. The van der Waals surface area contributed by atoms with Crippen LogP contribution in [-0.4, -0.2) is 42.1 Å². The summed E-state index contributed by atoms with van der Waals surface area (Å²) in [5, 5.41) is 11.3. The molecule has 146 valence electrons. The van der Waals surface area contributed by atoms with E-state index in [2.05, 4.69) is 5.32 Å². The molecule has 0 aliphatic carbocycles. The highest BCUT2D eigenvalue weighted by Crippen LogP contribution is 2.33. The van der Waals surface area contributed by atoms with E-state index in [4.69, 9.17) is 14.6 Å². The van der Waals surface area contributed by atoms with Crippen molar-refractivity contribution in [3.63, 3.8) is 0 Å². The van der Waals surface area contributed by atoms with Crippen LogP contribution in [0, 0.1) is 0 Å². The lowest BCUT2D eigenvalue weighted by atomic mass is 10.1. The highest BCUT2D eigenvalue weighted by atomic mass is 16.5. The number of carbonyl (C=O) groups excluding carboxylic acids is 2. The van der Waals surface area contributed by atoms with E-state index < -0.39 is 18.7 Å². The Balaban J connectivity index is 1.57. The maximum absolute atomic E-state index is 12.4. The number of para-hydroxylation sites is 2. The number of fused-ring (bicyclic) bond motifs is 1. The Kier molecular flexibility index (Phi) is 5.78. The van der Waals surface area contributed by atoms with Gasteiger partial charge in [0, 0.05) is 18.7 Å². The summed E-state index contributed by atoms with van der Waals surface area (Å²) in [5.74, 6) is -0.488. The first-order valence-electron chi connectivity index (χ1n) is 8.75. The number of benzene rings is 2. The lowest BCUT2D eigenvalue weighted by Crippen LogP contribution is -2.45. The van der Waals surface area contributed by atoms with Gasteiger partial charge in [-0.2, -0.15) is 0 Å². The summed E-state index contributed by atoms with van der Waals surface area (Å²) in [4.78, 5) is 36.7. The largest absolute Gasteiger partial charge is 0.482 e. The number of rotatable bonds is 7. The van der Waals surface area contributed by atoms with Crippen molar-refractivity contribution >= 4 is 29.2 Å². The van der Waals surface area contributed by atoms with Crippen LogP contribution in [0.15, 0.2) is 48.5 Å². The molecule has 1 heterocycles. The summed E-state index contributed by atoms with van der Waals surface area (Å²) >= 11 is 0. The number of amides is 2. The minimum atomic E-state index is -1.06. The summed E-state index contributed by atoms with van der Waals surface area (Å²) in [6, 6.07) is 13.6. The molecule has 1 unspecified atom stereocenters. The van der Waals surface area contributed by atoms with E-state index in [0.717, 1.165) is 0 Å². The predicted octanol–water partition coefficient (Wildman–Crippen LogP) is 2.29. The maximum atomic E-state index is 12.4. The smallest absolute Gasteiger partial charge is 0.341 e. The summed E-state index contributed by atoms with van der Waals surface area (Å²) in [7, 11) is 0. The van der Waals surface area contributed by atoms with Crippen molar-refractivity contribution in [2.24, 2.45) is 0 Å². The molecular weight excluding hydrogens is 364 g/mol. The number of carboxylic acids is 1. The van der Waals surface area contributed by atoms with E-state index in [1.165, 1.54) is 0 Å². The number of aliphatic carboxylic acids is 1. The summed E-state index contributed by atoms with van der Waals surface area (Å²) in [6.07, 6.45) is -0.486. The fraction of sp³-hybridized carbons (Fsp3) is 0.250. The molecule has 1 aliphatic heterocycles. The molecule has 0 bridgehead atoms. The van der Waals surface area contributed by atoms with E-state index in [-0.39, 0.29) is 24.8 Å². The van der Waals surface area contributed by atoms with Gasteiger partial charge >= 0.3 is 5.97 Å². The third-order valence-corrected chi connectivity index (χ3v) is 4.14. The Morgan fingerprint density at radius 2 is 1.89 bits per heavy atom. The first kappa shape index (κ1) is 19.2. The van der Waals surface area contributed by atoms with E-state index in [0.29, 0.717) is 22.9 Å². The normalized spacial score (nSPS) is 15.4. The van der Waals surface area contributed by atoms with Crippen LogP contribution in [0.4, 0.5) is 11.4 Å². The van der Waals surface area contributed by atoms with Crippen LogP contribution in [0.1, 0.15) is 13.3 Å². The molecule has 0 saturated carbocycles. The summed E-state index contributed by atoms with van der Waals surface area (Å²) in [6.45, 7) is 1.48. The van der Waals surface area contributed by atoms with Gasteiger partial charge in [0.2, 0.25) is 5.91 Å². The van der Waals surface area contributed by atoms with Crippen molar-refractivity contribution in [2.45, 2.75) is 19.4 Å². The number of nitrogens with one attached hydrogen (secondary N) is 1. The Morgan fingerprint density at radius 3 is 2.61 bits per heavy atom. The molecule has 2 aromatic rings. The van der Waals surface area contributed by atoms with Crippen molar-refractivity contribution in [3.05, 3.63) is 48.5 Å². The zero-order chi connectivity index (χ0) is 20.1. The number of hydrogen-bond donors (Lipinski definition) is 2. The van der Waals surface area contributed by atoms with Gasteiger partial charge in [0.05, 0.1) is 5.69 Å². The third kappa shape index (κ3) is 4.59. The van der Waals surface area contributed by atoms with Gasteiger partial charge in [0.1, 0.15) is 11.5 Å². The molecule has 2 N–H and O–H groups in total. The van der Waals surface area contributed by atoms with Crippen LogP contribution >= 0.6 is 0 Å². The summed E-state index contributed by atoms with van der Waals surface area (Å²) < 4.78 is 10.6. The lowest BCUT2D eigenvalue weighted by molar-refractivity contribution is -0.139. The van der Waals surface area contributed by atoms with Gasteiger partial charge in [0.25, 0.3) is 5.91 Å². The molecule has 8 nitrogen and oxygen atoms in total. The first-order chi connectivity index (χ1) is 13.4. The van der Waals surface area contributed by atoms with Crippen LogP contribution in [-0.2, 0) is 14.4 Å². The van der Waals surface area contributed by atoms with Crippen molar-refractivity contribution in [1.82, 2.24) is 0 Å².